The van der Waals surface area contributed by atoms with Gasteiger partial charge in [0.1, 0.15) is 5.82 Å². The van der Waals surface area contributed by atoms with E-state index in [1.54, 1.807) is 4.90 Å². The van der Waals surface area contributed by atoms with Gasteiger partial charge in [-0.3, -0.25) is 4.79 Å². The van der Waals surface area contributed by atoms with Crippen molar-refractivity contribution in [2.45, 2.75) is 88.2 Å². The summed E-state index contributed by atoms with van der Waals surface area (Å²) in [5.74, 6) is -0.391. The van der Waals surface area contributed by atoms with E-state index in [1.165, 1.54) is 41.0 Å². The number of hydrogen-bond acceptors (Lipinski definition) is 3. The van der Waals surface area contributed by atoms with E-state index < -0.39 is 20.9 Å². The number of sulfone groups is 1. The Labute approximate surface area is 204 Å². The number of hydrogen-bond donors (Lipinski definition) is 0. The maximum Gasteiger partial charge on any atom is 0.222 e. The fraction of sp³-hybridized carbons (Fsp3) is 0.536. The molecule has 34 heavy (non-hydrogen) atoms. The summed E-state index contributed by atoms with van der Waals surface area (Å²) >= 11 is 0. The molecule has 0 N–H and O–H groups in total. The lowest BCUT2D eigenvalue weighted by Crippen LogP contribution is -2.42. The van der Waals surface area contributed by atoms with Crippen molar-refractivity contribution in [1.29, 1.82) is 0 Å². The topological polar surface area (TPSA) is 54.5 Å². The minimum atomic E-state index is -3.53. The average Bonchev–Trinajstić information content (AvgIpc) is 2.76. The molecule has 4 nitrogen and oxygen atoms in total. The van der Waals surface area contributed by atoms with Gasteiger partial charge in [0.2, 0.25) is 5.91 Å². The maximum absolute atomic E-state index is 13.2. The first-order valence-corrected chi connectivity index (χ1v) is 13.6. The molecule has 1 heterocycles. The Morgan fingerprint density at radius 2 is 1.41 bits per heavy atom. The first kappa shape index (κ1) is 26.4. The Balaban J connectivity index is 1.63. The number of carbonyl (C=O) groups is 1. The summed E-state index contributed by atoms with van der Waals surface area (Å²) in [4.78, 5) is 14.9. The normalized spacial score (nSPS) is 16.0. The largest absolute Gasteiger partial charge is 0.343 e. The number of aryl methyl sites for hydroxylation is 1. The average molecular weight is 488 g/mol. The van der Waals surface area contributed by atoms with Gasteiger partial charge in [-0.05, 0) is 71.0 Å². The zero-order valence-corrected chi connectivity index (χ0v) is 22.1. The van der Waals surface area contributed by atoms with Crippen molar-refractivity contribution in [2.24, 2.45) is 0 Å². The smallest absolute Gasteiger partial charge is 0.222 e. The standard InChI is InChI=1S/C28H38FNO3S/c1-27(2,3)21-17-20(18-22(19-21)28(4,5)6)7-12-26(31)30-15-13-25(14-16-30)34(32,33)24-10-8-23(29)9-11-24/h8-11,17-19,25H,7,12-16H2,1-6H3. The molecule has 2 aromatic carbocycles. The number of carbonyl (C=O) groups excluding carboxylic acids is 1. The number of likely N-dealkylation sites (tertiary alicyclic amines) is 1. The fourth-order valence-electron chi connectivity index (χ4n) is 4.34. The van der Waals surface area contributed by atoms with Gasteiger partial charge in [-0.1, -0.05) is 59.7 Å². The van der Waals surface area contributed by atoms with E-state index in [4.69, 9.17) is 0 Å². The number of amides is 1. The highest BCUT2D eigenvalue weighted by atomic mass is 32.2. The second kappa shape index (κ2) is 9.80. The molecule has 0 spiro atoms. The van der Waals surface area contributed by atoms with Crippen LogP contribution in [0.15, 0.2) is 47.4 Å². The van der Waals surface area contributed by atoms with E-state index in [0.29, 0.717) is 38.8 Å². The van der Waals surface area contributed by atoms with Crippen LogP contribution in [-0.4, -0.2) is 37.6 Å². The van der Waals surface area contributed by atoms with Gasteiger partial charge in [-0.15, -0.1) is 0 Å². The highest BCUT2D eigenvalue weighted by Crippen LogP contribution is 2.31. The van der Waals surface area contributed by atoms with Gasteiger partial charge in [0.05, 0.1) is 10.1 Å². The fourth-order valence-corrected chi connectivity index (χ4v) is 6.08. The summed E-state index contributed by atoms with van der Waals surface area (Å²) in [6.07, 6.45) is 1.88. The van der Waals surface area contributed by atoms with Crippen LogP contribution in [0.5, 0.6) is 0 Å². The minimum Gasteiger partial charge on any atom is -0.343 e. The molecule has 0 radical (unpaired) electrons. The third kappa shape index (κ3) is 6.26. The van der Waals surface area contributed by atoms with E-state index in [0.717, 1.165) is 0 Å². The van der Waals surface area contributed by atoms with E-state index in [2.05, 4.69) is 59.7 Å². The van der Waals surface area contributed by atoms with Crippen LogP contribution < -0.4 is 0 Å². The van der Waals surface area contributed by atoms with Gasteiger partial charge in [0, 0.05) is 19.5 Å². The van der Waals surface area contributed by atoms with E-state index in [1.807, 2.05) is 0 Å². The van der Waals surface area contributed by atoms with Crippen molar-refractivity contribution in [3.8, 4) is 0 Å². The van der Waals surface area contributed by atoms with Gasteiger partial charge in [-0.25, -0.2) is 12.8 Å². The zero-order valence-electron chi connectivity index (χ0n) is 21.3. The van der Waals surface area contributed by atoms with Crippen molar-refractivity contribution < 1.29 is 17.6 Å². The number of rotatable bonds is 5. The number of halogens is 1. The lowest BCUT2D eigenvalue weighted by atomic mass is 9.79. The summed E-state index contributed by atoms with van der Waals surface area (Å²) in [5, 5.41) is -0.542. The first-order valence-electron chi connectivity index (χ1n) is 12.1. The lowest BCUT2D eigenvalue weighted by molar-refractivity contribution is -0.132. The predicted octanol–water partition coefficient (Wildman–Crippen LogP) is 5.82. The molecular formula is C28H38FNO3S. The summed E-state index contributed by atoms with van der Waals surface area (Å²) in [5.41, 5.74) is 3.76. The van der Waals surface area contributed by atoms with Gasteiger partial charge in [0.25, 0.3) is 0 Å². The van der Waals surface area contributed by atoms with Crippen LogP contribution in [0.25, 0.3) is 0 Å². The Kier molecular flexibility index (Phi) is 7.61. The van der Waals surface area contributed by atoms with Crippen LogP contribution in [0.3, 0.4) is 0 Å². The molecule has 1 aliphatic rings. The Morgan fingerprint density at radius 3 is 1.88 bits per heavy atom. The number of piperidine rings is 1. The molecule has 1 amide bonds. The van der Waals surface area contributed by atoms with Gasteiger partial charge in [0.15, 0.2) is 9.84 Å². The van der Waals surface area contributed by atoms with Crippen LogP contribution in [-0.2, 0) is 31.9 Å². The molecule has 1 fully saturated rings. The maximum atomic E-state index is 13.2. The molecule has 6 heteroatoms. The highest BCUT2D eigenvalue weighted by Gasteiger charge is 2.32. The molecule has 0 aliphatic carbocycles. The number of benzene rings is 2. The third-order valence-electron chi connectivity index (χ3n) is 6.73. The van der Waals surface area contributed by atoms with Gasteiger partial charge >= 0.3 is 0 Å². The van der Waals surface area contributed by atoms with E-state index in [9.17, 15) is 17.6 Å². The summed E-state index contributed by atoms with van der Waals surface area (Å²) in [6, 6.07) is 11.7. The summed E-state index contributed by atoms with van der Waals surface area (Å²) in [6.45, 7) is 14.1. The van der Waals surface area contributed by atoms with Gasteiger partial charge < -0.3 is 4.90 Å². The van der Waals surface area contributed by atoms with Gasteiger partial charge in [-0.2, -0.15) is 0 Å². The molecule has 2 aromatic rings. The SMILES string of the molecule is CC(C)(C)c1cc(CCC(=O)N2CCC(S(=O)(=O)c3ccc(F)cc3)CC2)cc(C(C)(C)C)c1. The van der Waals surface area contributed by atoms with Crippen LogP contribution in [0.1, 0.15) is 77.5 Å². The molecule has 3 rings (SSSR count). The monoisotopic (exact) mass is 487 g/mol. The summed E-state index contributed by atoms with van der Waals surface area (Å²) in [7, 11) is -3.53. The molecule has 0 atom stereocenters. The molecule has 0 unspecified atom stereocenters. The second-order valence-electron chi connectivity index (χ2n) is 11.5. The predicted molar refractivity (Wildman–Crippen MR) is 135 cm³/mol. The Hall–Kier alpha value is -2.21. The third-order valence-corrected chi connectivity index (χ3v) is 9.01. The van der Waals surface area contributed by atoms with E-state index >= 15 is 0 Å². The van der Waals surface area contributed by atoms with Crippen molar-refractivity contribution in [2.75, 3.05) is 13.1 Å². The van der Waals surface area contributed by atoms with Crippen LogP contribution in [0, 0.1) is 5.82 Å². The van der Waals surface area contributed by atoms with Crippen molar-refractivity contribution >= 4 is 15.7 Å². The molecule has 0 bridgehead atoms. The first-order chi connectivity index (χ1) is 15.7. The van der Waals surface area contributed by atoms with Crippen LogP contribution in [0.2, 0.25) is 0 Å². The molecular weight excluding hydrogens is 449 g/mol. The molecule has 0 saturated carbocycles. The number of nitrogens with zero attached hydrogens (tertiary/aromatic N) is 1. The molecule has 0 aromatic heterocycles. The van der Waals surface area contributed by atoms with Crippen LogP contribution in [0.4, 0.5) is 4.39 Å². The molecule has 186 valence electrons. The quantitative estimate of drug-likeness (QED) is 0.500. The Bertz CT molecular complexity index is 1090. The van der Waals surface area contributed by atoms with E-state index in [-0.39, 0.29) is 21.6 Å². The molecule has 1 saturated heterocycles. The van der Waals surface area contributed by atoms with Crippen molar-refractivity contribution in [3.63, 3.8) is 0 Å². The minimum absolute atomic E-state index is 0.0257. The van der Waals surface area contributed by atoms with Crippen molar-refractivity contribution in [3.05, 3.63) is 65.0 Å². The zero-order chi connectivity index (χ0) is 25.3. The lowest BCUT2D eigenvalue weighted by Gasteiger charge is -2.32. The van der Waals surface area contributed by atoms with Crippen LogP contribution >= 0.6 is 0 Å². The second-order valence-corrected chi connectivity index (χ2v) is 13.7. The van der Waals surface area contributed by atoms with Crippen molar-refractivity contribution in [1.82, 2.24) is 4.90 Å². The highest BCUT2D eigenvalue weighted by molar-refractivity contribution is 7.92. The summed E-state index contributed by atoms with van der Waals surface area (Å²) < 4.78 is 38.9. The Morgan fingerprint density at radius 1 is 0.912 bits per heavy atom. The molecule has 1 aliphatic heterocycles.